The van der Waals surface area contributed by atoms with Crippen molar-refractivity contribution in [2.75, 3.05) is 11.9 Å². The predicted octanol–water partition coefficient (Wildman–Crippen LogP) is 2.43. The van der Waals surface area contributed by atoms with Crippen molar-refractivity contribution >= 4 is 15.9 Å². The molecule has 1 N–H and O–H groups in total. The first-order valence-electron chi connectivity index (χ1n) is 5.62. The molecule has 0 saturated carbocycles. The van der Waals surface area contributed by atoms with Crippen LogP contribution in [0.25, 0.3) is 0 Å². The number of hydrogen-bond donors (Lipinski definition) is 1. The molecule has 1 unspecified atom stereocenters. The Morgan fingerprint density at radius 1 is 1.53 bits per heavy atom. The molecule has 1 aromatic rings. The van der Waals surface area contributed by atoms with Crippen LogP contribution in [-0.4, -0.2) is 27.5 Å². The number of nitrogens with one attached hydrogen (secondary N) is 1. The molecule has 1 aromatic heterocycles. The van der Waals surface area contributed by atoms with E-state index in [1.54, 1.807) is 0 Å². The highest BCUT2D eigenvalue weighted by Gasteiger charge is 2.02. The molecular weight excluding hydrogens is 254 g/mol. The third kappa shape index (κ3) is 5.33. The molecule has 0 aliphatic carbocycles. The normalized spacial score (nSPS) is 12.9. The molecule has 0 aromatic carbocycles. The molecular formula is C11H20BrN3. The number of alkyl halides is 1. The van der Waals surface area contributed by atoms with Crippen LogP contribution in [0.3, 0.4) is 0 Å². The maximum Gasteiger partial charge on any atom is 0.0945 e. The molecule has 0 amide bonds. The molecule has 15 heavy (non-hydrogen) atoms. The van der Waals surface area contributed by atoms with Gasteiger partial charge in [0.2, 0.25) is 0 Å². The van der Waals surface area contributed by atoms with Gasteiger partial charge in [0.15, 0.2) is 0 Å². The standard InChI is InChI=1S/C11H20BrN3/c1-2-11(4-5-12)14-6-3-8-15-9-7-13-10-15/h7,9-11,14H,2-6,8H2,1H3. The molecule has 0 bridgehead atoms. The summed E-state index contributed by atoms with van der Waals surface area (Å²) >= 11 is 3.48. The third-order valence-electron chi connectivity index (χ3n) is 2.54. The van der Waals surface area contributed by atoms with Crippen molar-refractivity contribution in [2.24, 2.45) is 0 Å². The van der Waals surface area contributed by atoms with Crippen molar-refractivity contribution in [3.63, 3.8) is 0 Å². The maximum atomic E-state index is 4.02. The SMILES string of the molecule is CCC(CCBr)NCCCn1ccnc1. The Labute approximate surface area is 100 Å². The predicted molar refractivity (Wildman–Crippen MR) is 67.3 cm³/mol. The first-order valence-corrected chi connectivity index (χ1v) is 6.74. The summed E-state index contributed by atoms with van der Waals surface area (Å²) in [5.41, 5.74) is 0. The van der Waals surface area contributed by atoms with Gasteiger partial charge in [-0.05, 0) is 25.8 Å². The number of nitrogens with zero attached hydrogens (tertiary/aromatic N) is 2. The minimum Gasteiger partial charge on any atom is -0.337 e. The highest BCUT2D eigenvalue weighted by Crippen LogP contribution is 2.00. The molecule has 0 aliphatic heterocycles. The number of rotatable bonds is 8. The number of aryl methyl sites for hydroxylation is 1. The van der Waals surface area contributed by atoms with Gasteiger partial charge in [0.25, 0.3) is 0 Å². The summed E-state index contributed by atoms with van der Waals surface area (Å²) in [4.78, 5) is 4.02. The average molecular weight is 274 g/mol. The minimum absolute atomic E-state index is 0.659. The number of halogens is 1. The van der Waals surface area contributed by atoms with E-state index in [9.17, 15) is 0 Å². The number of imidazole rings is 1. The minimum atomic E-state index is 0.659. The largest absolute Gasteiger partial charge is 0.337 e. The molecule has 3 nitrogen and oxygen atoms in total. The Bertz CT molecular complexity index is 236. The Balaban J connectivity index is 2.05. The van der Waals surface area contributed by atoms with Crippen molar-refractivity contribution in [2.45, 2.75) is 38.8 Å². The van der Waals surface area contributed by atoms with Crippen LogP contribution in [0.5, 0.6) is 0 Å². The van der Waals surface area contributed by atoms with E-state index in [4.69, 9.17) is 0 Å². The highest BCUT2D eigenvalue weighted by atomic mass is 79.9. The molecule has 1 heterocycles. The van der Waals surface area contributed by atoms with Gasteiger partial charge < -0.3 is 9.88 Å². The molecule has 4 heteroatoms. The van der Waals surface area contributed by atoms with Crippen LogP contribution in [-0.2, 0) is 6.54 Å². The zero-order valence-electron chi connectivity index (χ0n) is 9.32. The van der Waals surface area contributed by atoms with Gasteiger partial charge in [-0.15, -0.1) is 0 Å². The van der Waals surface area contributed by atoms with E-state index < -0.39 is 0 Å². The maximum absolute atomic E-state index is 4.02. The highest BCUT2D eigenvalue weighted by molar-refractivity contribution is 9.09. The van der Waals surface area contributed by atoms with Gasteiger partial charge >= 0.3 is 0 Å². The van der Waals surface area contributed by atoms with E-state index in [0.29, 0.717) is 6.04 Å². The van der Waals surface area contributed by atoms with Crippen LogP contribution in [0.1, 0.15) is 26.2 Å². The van der Waals surface area contributed by atoms with Gasteiger partial charge in [-0.25, -0.2) is 4.98 Å². The van der Waals surface area contributed by atoms with Gasteiger partial charge in [0.1, 0.15) is 0 Å². The smallest absolute Gasteiger partial charge is 0.0945 e. The van der Waals surface area contributed by atoms with E-state index in [1.165, 1.54) is 12.8 Å². The zero-order valence-corrected chi connectivity index (χ0v) is 10.9. The summed E-state index contributed by atoms with van der Waals surface area (Å²) in [6.07, 6.45) is 9.28. The van der Waals surface area contributed by atoms with Crippen molar-refractivity contribution in [1.82, 2.24) is 14.9 Å². The molecule has 0 saturated heterocycles. The van der Waals surface area contributed by atoms with E-state index in [1.807, 2.05) is 18.7 Å². The lowest BCUT2D eigenvalue weighted by molar-refractivity contribution is 0.469. The van der Waals surface area contributed by atoms with Gasteiger partial charge in [0.05, 0.1) is 6.33 Å². The second-order valence-corrected chi connectivity index (χ2v) is 4.48. The lowest BCUT2D eigenvalue weighted by Gasteiger charge is -2.15. The van der Waals surface area contributed by atoms with Crippen molar-refractivity contribution in [3.05, 3.63) is 18.7 Å². The Morgan fingerprint density at radius 2 is 2.40 bits per heavy atom. The van der Waals surface area contributed by atoms with Crippen molar-refractivity contribution in [3.8, 4) is 0 Å². The quantitative estimate of drug-likeness (QED) is 0.583. The van der Waals surface area contributed by atoms with Crippen LogP contribution >= 0.6 is 15.9 Å². The van der Waals surface area contributed by atoms with Crippen LogP contribution in [0.4, 0.5) is 0 Å². The second kappa shape index (κ2) is 7.88. The molecule has 0 spiro atoms. The van der Waals surface area contributed by atoms with Gasteiger partial charge in [0, 0.05) is 30.3 Å². The third-order valence-corrected chi connectivity index (χ3v) is 2.99. The molecule has 1 atom stereocenters. The molecule has 0 fully saturated rings. The molecule has 0 aliphatic rings. The van der Waals surface area contributed by atoms with Crippen molar-refractivity contribution in [1.29, 1.82) is 0 Å². The summed E-state index contributed by atoms with van der Waals surface area (Å²) in [6.45, 7) is 4.37. The monoisotopic (exact) mass is 273 g/mol. The zero-order chi connectivity index (χ0) is 10.9. The lowest BCUT2D eigenvalue weighted by atomic mass is 10.2. The number of hydrogen-bond acceptors (Lipinski definition) is 2. The number of aromatic nitrogens is 2. The Kier molecular flexibility index (Phi) is 6.68. The van der Waals surface area contributed by atoms with Gasteiger partial charge in [-0.2, -0.15) is 0 Å². The van der Waals surface area contributed by atoms with E-state index in [-0.39, 0.29) is 0 Å². The molecule has 1 rings (SSSR count). The van der Waals surface area contributed by atoms with Gasteiger partial charge in [-0.3, -0.25) is 0 Å². The summed E-state index contributed by atoms with van der Waals surface area (Å²) in [7, 11) is 0. The topological polar surface area (TPSA) is 29.9 Å². The summed E-state index contributed by atoms with van der Waals surface area (Å²) in [5.74, 6) is 0. The van der Waals surface area contributed by atoms with Crippen LogP contribution in [0, 0.1) is 0 Å². The fraction of sp³-hybridized carbons (Fsp3) is 0.727. The Hall–Kier alpha value is -0.350. The fourth-order valence-electron chi connectivity index (χ4n) is 1.57. The lowest BCUT2D eigenvalue weighted by Crippen LogP contribution is -2.30. The second-order valence-electron chi connectivity index (χ2n) is 3.69. The van der Waals surface area contributed by atoms with Crippen LogP contribution in [0.15, 0.2) is 18.7 Å². The molecule has 86 valence electrons. The first kappa shape index (κ1) is 12.7. The van der Waals surface area contributed by atoms with E-state index in [0.717, 1.165) is 24.8 Å². The van der Waals surface area contributed by atoms with Crippen LogP contribution < -0.4 is 5.32 Å². The molecule has 0 radical (unpaired) electrons. The van der Waals surface area contributed by atoms with E-state index in [2.05, 4.69) is 37.7 Å². The Morgan fingerprint density at radius 3 is 3.00 bits per heavy atom. The summed E-state index contributed by atoms with van der Waals surface area (Å²) in [6, 6.07) is 0.659. The fourth-order valence-corrected chi connectivity index (χ4v) is 2.12. The summed E-state index contributed by atoms with van der Waals surface area (Å²) in [5, 5.41) is 4.65. The van der Waals surface area contributed by atoms with Crippen molar-refractivity contribution < 1.29 is 0 Å². The van der Waals surface area contributed by atoms with Gasteiger partial charge in [-0.1, -0.05) is 22.9 Å². The first-order chi connectivity index (χ1) is 7.36. The van der Waals surface area contributed by atoms with Crippen LogP contribution in [0.2, 0.25) is 0 Å². The average Bonchev–Trinajstić information content (AvgIpc) is 2.75. The van der Waals surface area contributed by atoms with E-state index >= 15 is 0 Å². The summed E-state index contributed by atoms with van der Waals surface area (Å²) < 4.78 is 2.12.